The van der Waals surface area contributed by atoms with Crippen LogP contribution in [-0.4, -0.2) is 54.8 Å². The summed E-state index contributed by atoms with van der Waals surface area (Å²) in [5.41, 5.74) is 1.15. The molecule has 1 aliphatic heterocycles. The number of nitrogens with zero attached hydrogens (tertiary/aromatic N) is 1. The lowest BCUT2D eigenvalue weighted by Gasteiger charge is -2.12. The number of hydrogen-bond donors (Lipinski definition) is 1. The molecular weight excluding hydrogens is 484 g/mol. The summed E-state index contributed by atoms with van der Waals surface area (Å²) in [6, 6.07) is 11.5. The fourth-order valence-corrected chi connectivity index (χ4v) is 3.85. The average Bonchev–Trinajstić information content (AvgIpc) is 3.07. The standard InChI is InChI=1S/C23H21ClN2O7S/c1-3-32-21(28)12-26-22(29)19(34-23(26)30)11-14-4-9-17(18(10-14)31-2)33-13-20(27)25-16-7-5-15(24)6-8-16/h4-11H,3,12-13H2,1-2H3,(H,25,27)/b19-11-. The molecule has 3 amide bonds. The van der Waals surface area contributed by atoms with E-state index in [4.69, 9.17) is 25.8 Å². The van der Waals surface area contributed by atoms with E-state index in [1.807, 2.05) is 0 Å². The molecule has 1 saturated heterocycles. The summed E-state index contributed by atoms with van der Waals surface area (Å²) in [6.45, 7) is 1.09. The van der Waals surface area contributed by atoms with Crippen LogP contribution in [0.4, 0.5) is 10.5 Å². The van der Waals surface area contributed by atoms with Crippen LogP contribution in [0.25, 0.3) is 6.08 Å². The average molecular weight is 505 g/mol. The fourth-order valence-electron chi connectivity index (χ4n) is 2.89. The molecule has 1 fully saturated rings. The van der Waals surface area contributed by atoms with Gasteiger partial charge in [-0.2, -0.15) is 0 Å². The minimum atomic E-state index is -0.658. The van der Waals surface area contributed by atoms with Gasteiger partial charge < -0.3 is 19.5 Å². The van der Waals surface area contributed by atoms with Crippen molar-refractivity contribution in [3.63, 3.8) is 0 Å². The van der Waals surface area contributed by atoms with E-state index in [0.717, 1.165) is 16.7 Å². The Hall–Kier alpha value is -3.50. The minimum Gasteiger partial charge on any atom is -0.493 e. The van der Waals surface area contributed by atoms with Gasteiger partial charge >= 0.3 is 5.97 Å². The molecule has 3 rings (SSSR count). The summed E-state index contributed by atoms with van der Waals surface area (Å²) >= 11 is 6.56. The van der Waals surface area contributed by atoms with Gasteiger partial charge in [-0.15, -0.1) is 0 Å². The highest BCUT2D eigenvalue weighted by molar-refractivity contribution is 8.18. The Balaban J connectivity index is 1.65. The molecular formula is C23H21ClN2O7S. The normalized spacial score (nSPS) is 14.3. The smallest absolute Gasteiger partial charge is 0.326 e. The van der Waals surface area contributed by atoms with Crippen molar-refractivity contribution in [3.8, 4) is 11.5 Å². The van der Waals surface area contributed by atoms with Crippen LogP contribution < -0.4 is 14.8 Å². The minimum absolute atomic E-state index is 0.155. The van der Waals surface area contributed by atoms with E-state index in [1.165, 1.54) is 13.2 Å². The van der Waals surface area contributed by atoms with E-state index in [1.54, 1.807) is 49.4 Å². The summed E-state index contributed by atoms with van der Waals surface area (Å²) < 4.78 is 15.7. The van der Waals surface area contributed by atoms with Crippen LogP contribution in [0.5, 0.6) is 11.5 Å². The van der Waals surface area contributed by atoms with Crippen molar-refractivity contribution in [3.05, 3.63) is 58.0 Å². The molecule has 0 aromatic heterocycles. The zero-order valence-corrected chi connectivity index (χ0v) is 19.9. The molecule has 1 aliphatic rings. The fraction of sp³-hybridized carbons (Fsp3) is 0.217. The number of halogens is 1. The van der Waals surface area contributed by atoms with Gasteiger partial charge in [0.15, 0.2) is 18.1 Å². The number of rotatable bonds is 9. The maximum Gasteiger partial charge on any atom is 0.326 e. The van der Waals surface area contributed by atoms with E-state index < -0.39 is 23.7 Å². The van der Waals surface area contributed by atoms with Crippen molar-refractivity contribution in [1.29, 1.82) is 0 Å². The van der Waals surface area contributed by atoms with Gasteiger partial charge in [0, 0.05) is 10.7 Å². The molecule has 0 unspecified atom stereocenters. The maximum atomic E-state index is 12.5. The molecule has 1 heterocycles. The highest BCUT2D eigenvalue weighted by atomic mass is 35.5. The number of thioether (sulfide) groups is 1. The summed E-state index contributed by atoms with van der Waals surface area (Å²) in [5.74, 6) is -0.959. The van der Waals surface area contributed by atoms with Crippen molar-refractivity contribution in [2.45, 2.75) is 6.92 Å². The molecule has 2 aromatic rings. The van der Waals surface area contributed by atoms with E-state index in [-0.39, 0.29) is 24.0 Å². The van der Waals surface area contributed by atoms with Crippen molar-refractivity contribution < 1.29 is 33.4 Å². The molecule has 178 valence electrons. The molecule has 9 nitrogen and oxygen atoms in total. The highest BCUT2D eigenvalue weighted by Crippen LogP contribution is 2.34. The monoisotopic (exact) mass is 504 g/mol. The van der Waals surface area contributed by atoms with Gasteiger partial charge in [-0.05, 0) is 66.7 Å². The molecule has 0 spiro atoms. The second-order valence-corrected chi connectivity index (χ2v) is 8.26. The number of benzene rings is 2. The molecule has 0 atom stereocenters. The first-order valence-electron chi connectivity index (χ1n) is 10.1. The summed E-state index contributed by atoms with van der Waals surface area (Å²) in [4.78, 5) is 49.4. The van der Waals surface area contributed by atoms with Gasteiger partial charge in [-0.25, -0.2) is 0 Å². The second kappa shape index (κ2) is 11.6. The number of imide groups is 1. The lowest BCUT2D eigenvalue weighted by molar-refractivity contribution is -0.146. The Morgan fingerprint density at radius 2 is 1.85 bits per heavy atom. The van der Waals surface area contributed by atoms with Gasteiger partial charge in [-0.1, -0.05) is 17.7 Å². The molecule has 11 heteroatoms. The first-order chi connectivity index (χ1) is 16.3. The van der Waals surface area contributed by atoms with Gasteiger partial charge in [0.25, 0.3) is 17.1 Å². The predicted molar refractivity (Wildman–Crippen MR) is 128 cm³/mol. The number of anilines is 1. The summed E-state index contributed by atoms with van der Waals surface area (Å²) in [7, 11) is 1.44. The number of hydrogen-bond acceptors (Lipinski definition) is 8. The highest BCUT2D eigenvalue weighted by Gasteiger charge is 2.36. The third kappa shape index (κ3) is 6.52. The van der Waals surface area contributed by atoms with Crippen molar-refractivity contribution >= 4 is 58.1 Å². The number of esters is 1. The lowest BCUT2D eigenvalue weighted by atomic mass is 10.2. The third-order valence-corrected chi connectivity index (χ3v) is 5.60. The first kappa shape index (κ1) is 25.1. The summed E-state index contributed by atoms with van der Waals surface area (Å²) in [6.07, 6.45) is 1.51. The molecule has 0 radical (unpaired) electrons. The number of carbonyl (C=O) groups is 4. The maximum absolute atomic E-state index is 12.5. The van der Waals surface area contributed by atoms with Crippen molar-refractivity contribution in [2.75, 3.05) is 32.2 Å². The zero-order valence-electron chi connectivity index (χ0n) is 18.3. The van der Waals surface area contributed by atoms with Crippen LogP contribution in [0.15, 0.2) is 47.4 Å². The zero-order chi connectivity index (χ0) is 24.7. The Morgan fingerprint density at radius 3 is 2.53 bits per heavy atom. The van der Waals surface area contributed by atoms with Crippen LogP contribution in [0.1, 0.15) is 12.5 Å². The topological polar surface area (TPSA) is 111 Å². The van der Waals surface area contributed by atoms with E-state index in [2.05, 4.69) is 5.32 Å². The molecule has 0 aliphatic carbocycles. The van der Waals surface area contributed by atoms with Gasteiger partial charge in [0.05, 0.1) is 18.6 Å². The quantitative estimate of drug-likeness (QED) is 0.403. The number of methoxy groups -OCH3 is 1. The largest absolute Gasteiger partial charge is 0.493 e. The summed E-state index contributed by atoms with van der Waals surface area (Å²) in [5, 5.41) is 2.69. The SMILES string of the molecule is CCOC(=O)CN1C(=O)S/C(=C\c2ccc(OCC(=O)Nc3ccc(Cl)cc3)c(OC)c2)C1=O. The van der Waals surface area contributed by atoms with E-state index in [9.17, 15) is 19.2 Å². The Bertz CT molecular complexity index is 1130. The molecule has 2 aromatic carbocycles. The van der Waals surface area contributed by atoms with Gasteiger partial charge in [0.2, 0.25) is 0 Å². The molecule has 34 heavy (non-hydrogen) atoms. The number of ether oxygens (including phenoxy) is 3. The number of amides is 3. The number of carbonyl (C=O) groups excluding carboxylic acids is 4. The number of nitrogens with one attached hydrogen (secondary N) is 1. The Labute approximate surface area is 205 Å². The van der Waals surface area contributed by atoms with Crippen LogP contribution in [0.3, 0.4) is 0 Å². The molecule has 0 bridgehead atoms. The van der Waals surface area contributed by atoms with E-state index >= 15 is 0 Å². The second-order valence-electron chi connectivity index (χ2n) is 6.83. The first-order valence-corrected chi connectivity index (χ1v) is 11.3. The van der Waals surface area contributed by atoms with E-state index in [0.29, 0.717) is 27.8 Å². The lowest BCUT2D eigenvalue weighted by Crippen LogP contribution is -2.34. The van der Waals surface area contributed by atoms with Gasteiger partial charge in [0.1, 0.15) is 6.54 Å². The van der Waals surface area contributed by atoms with Crippen LogP contribution in [0.2, 0.25) is 5.02 Å². The Morgan fingerprint density at radius 1 is 1.12 bits per heavy atom. The van der Waals surface area contributed by atoms with Crippen LogP contribution in [-0.2, 0) is 19.1 Å². The van der Waals surface area contributed by atoms with Crippen molar-refractivity contribution in [2.24, 2.45) is 0 Å². The molecule has 0 saturated carbocycles. The molecule has 1 N–H and O–H groups in total. The Kier molecular flexibility index (Phi) is 8.55. The third-order valence-electron chi connectivity index (χ3n) is 4.44. The van der Waals surface area contributed by atoms with Crippen LogP contribution >= 0.6 is 23.4 Å². The predicted octanol–water partition coefficient (Wildman–Crippen LogP) is 3.97. The van der Waals surface area contributed by atoms with Gasteiger partial charge in [-0.3, -0.25) is 24.1 Å². The van der Waals surface area contributed by atoms with Crippen molar-refractivity contribution in [1.82, 2.24) is 4.90 Å². The van der Waals surface area contributed by atoms with Crippen LogP contribution in [0, 0.1) is 0 Å².